The standard InChI is InChI=1S/C12H11F3N2O2/c1-7(18)11(8(2)19)17-16-10-5-3-9(4-6-10)12(13,14)15/h3-6,16H,1-2H3. The highest BCUT2D eigenvalue weighted by atomic mass is 19.4. The van der Waals surface area contributed by atoms with Gasteiger partial charge in [0.1, 0.15) is 0 Å². The average Bonchev–Trinajstić information content (AvgIpc) is 2.27. The number of benzene rings is 1. The highest BCUT2D eigenvalue weighted by Crippen LogP contribution is 2.29. The second kappa shape index (κ2) is 5.64. The molecule has 0 unspecified atom stereocenters. The largest absolute Gasteiger partial charge is 0.416 e. The van der Waals surface area contributed by atoms with Crippen LogP contribution in [-0.4, -0.2) is 17.3 Å². The van der Waals surface area contributed by atoms with Crippen molar-refractivity contribution >= 4 is 23.0 Å². The summed E-state index contributed by atoms with van der Waals surface area (Å²) < 4.78 is 36.9. The normalized spacial score (nSPS) is 10.8. The molecule has 1 N–H and O–H groups in total. The Labute approximate surface area is 107 Å². The SMILES string of the molecule is CC(=O)C(=NNc1ccc(C(F)(F)F)cc1)C(C)=O. The minimum absolute atomic E-state index is 0.244. The van der Waals surface area contributed by atoms with Crippen LogP contribution in [0.4, 0.5) is 18.9 Å². The quantitative estimate of drug-likeness (QED) is 0.520. The number of hydrogen-bond acceptors (Lipinski definition) is 4. The molecule has 0 aliphatic rings. The lowest BCUT2D eigenvalue weighted by atomic mass is 10.2. The summed E-state index contributed by atoms with van der Waals surface area (Å²) in [5.74, 6) is -1.04. The second-order valence-corrected chi connectivity index (χ2v) is 3.76. The number of alkyl halides is 3. The fourth-order valence-electron chi connectivity index (χ4n) is 1.26. The maximum atomic E-state index is 12.3. The zero-order chi connectivity index (χ0) is 14.6. The van der Waals surface area contributed by atoms with Gasteiger partial charge in [0.15, 0.2) is 17.3 Å². The van der Waals surface area contributed by atoms with Gasteiger partial charge in [0.25, 0.3) is 0 Å². The number of nitrogens with one attached hydrogen (secondary N) is 1. The number of Topliss-reactive ketones (excluding diaryl/α,β-unsaturated/α-hetero) is 2. The summed E-state index contributed by atoms with van der Waals surface area (Å²) in [7, 11) is 0. The summed E-state index contributed by atoms with van der Waals surface area (Å²) in [4.78, 5) is 22.1. The summed E-state index contributed by atoms with van der Waals surface area (Å²) in [6, 6.07) is 4.06. The monoisotopic (exact) mass is 272 g/mol. The number of hydrazone groups is 1. The van der Waals surface area contributed by atoms with Crippen LogP contribution in [0.25, 0.3) is 0 Å². The third-order valence-corrected chi connectivity index (χ3v) is 2.18. The Hall–Kier alpha value is -2.18. The van der Waals surface area contributed by atoms with Gasteiger partial charge in [0.05, 0.1) is 11.3 Å². The van der Waals surface area contributed by atoms with E-state index in [4.69, 9.17) is 0 Å². The molecule has 0 aliphatic heterocycles. The van der Waals surface area contributed by atoms with Gasteiger partial charge in [-0.3, -0.25) is 15.0 Å². The maximum Gasteiger partial charge on any atom is 0.416 e. The molecule has 0 saturated carbocycles. The molecule has 0 saturated heterocycles. The van der Waals surface area contributed by atoms with Crippen molar-refractivity contribution in [3.8, 4) is 0 Å². The zero-order valence-electron chi connectivity index (χ0n) is 10.2. The molecule has 0 aliphatic carbocycles. The van der Waals surface area contributed by atoms with E-state index in [2.05, 4.69) is 10.5 Å². The predicted octanol–water partition coefficient (Wildman–Crippen LogP) is 2.65. The van der Waals surface area contributed by atoms with Gasteiger partial charge in [0, 0.05) is 13.8 Å². The molecule has 1 aromatic rings. The Morgan fingerprint density at radius 3 is 1.89 bits per heavy atom. The summed E-state index contributed by atoms with van der Waals surface area (Å²) in [6.45, 7) is 2.35. The van der Waals surface area contributed by atoms with Crippen LogP contribution in [-0.2, 0) is 15.8 Å². The van der Waals surface area contributed by atoms with E-state index in [-0.39, 0.29) is 11.4 Å². The van der Waals surface area contributed by atoms with Gasteiger partial charge in [-0.15, -0.1) is 0 Å². The molecule has 0 amide bonds. The van der Waals surface area contributed by atoms with E-state index in [1.165, 1.54) is 13.8 Å². The molecule has 0 heterocycles. The Morgan fingerprint density at radius 2 is 1.53 bits per heavy atom. The molecule has 1 rings (SSSR count). The fraction of sp³-hybridized carbons (Fsp3) is 0.250. The zero-order valence-corrected chi connectivity index (χ0v) is 10.2. The van der Waals surface area contributed by atoms with Crippen LogP contribution in [0.2, 0.25) is 0 Å². The van der Waals surface area contributed by atoms with Crippen molar-refractivity contribution in [2.45, 2.75) is 20.0 Å². The predicted molar refractivity (Wildman–Crippen MR) is 63.9 cm³/mol. The van der Waals surface area contributed by atoms with Crippen molar-refractivity contribution in [3.05, 3.63) is 29.8 Å². The van der Waals surface area contributed by atoms with Crippen LogP contribution in [0.3, 0.4) is 0 Å². The summed E-state index contributed by atoms with van der Waals surface area (Å²) in [5.41, 5.74) is 1.53. The van der Waals surface area contributed by atoms with E-state index < -0.39 is 23.3 Å². The van der Waals surface area contributed by atoms with Crippen molar-refractivity contribution in [3.63, 3.8) is 0 Å². The third kappa shape index (κ3) is 4.20. The van der Waals surface area contributed by atoms with Crippen molar-refractivity contribution < 1.29 is 22.8 Å². The molecule has 0 radical (unpaired) electrons. The molecule has 0 aromatic heterocycles. The number of halogens is 3. The van der Waals surface area contributed by atoms with Gasteiger partial charge in [0.2, 0.25) is 0 Å². The number of carbonyl (C=O) groups excluding carboxylic acids is 2. The number of carbonyl (C=O) groups is 2. The molecule has 0 atom stereocenters. The van der Waals surface area contributed by atoms with Crippen LogP contribution in [0.1, 0.15) is 19.4 Å². The summed E-state index contributed by atoms with van der Waals surface area (Å²) in [5, 5.41) is 3.57. The molecule has 0 fully saturated rings. The van der Waals surface area contributed by atoms with Crippen LogP contribution < -0.4 is 5.43 Å². The third-order valence-electron chi connectivity index (χ3n) is 2.18. The molecule has 19 heavy (non-hydrogen) atoms. The van der Waals surface area contributed by atoms with E-state index in [1.807, 2.05) is 0 Å². The number of rotatable bonds is 4. The first-order chi connectivity index (χ1) is 8.71. The van der Waals surface area contributed by atoms with Gasteiger partial charge in [-0.05, 0) is 24.3 Å². The van der Waals surface area contributed by atoms with E-state index in [9.17, 15) is 22.8 Å². The molecule has 4 nitrogen and oxygen atoms in total. The summed E-state index contributed by atoms with van der Waals surface area (Å²) >= 11 is 0. The lowest BCUT2D eigenvalue weighted by molar-refractivity contribution is -0.137. The van der Waals surface area contributed by atoms with Gasteiger partial charge in [-0.25, -0.2) is 0 Å². The first-order valence-corrected chi connectivity index (χ1v) is 5.24. The summed E-state index contributed by atoms with van der Waals surface area (Å²) in [6.07, 6.45) is -4.41. The molecule has 1 aromatic carbocycles. The van der Waals surface area contributed by atoms with Crippen molar-refractivity contribution in [2.24, 2.45) is 5.10 Å². The first kappa shape index (κ1) is 14.9. The first-order valence-electron chi connectivity index (χ1n) is 5.24. The minimum atomic E-state index is -4.41. The van der Waals surface area contributed by atoms with E-state index in [0.717, 1.165) is 24.3 Å². The highest BCUT2D eigenvalue weighted by Gasteiger charge is 2.29. The number of hydrogen-bond donors (Lipinski definition) is 1. The van der Waals surface area contributed by atoms with Crippen LogP contribution in [0, 0.1) is 0 Å². The Balaban J connectivity index is 2.87. The van der Waals surface area contributed by atoms with Crippen molar-refractivity contribution in [1.82, 2.24) is 0 Å². The molecule has 0 bridgehead atoms. The van der Waals surface area contributed by atoms with Crippen molar-refractivity contribution in [1.29, 1.82) is 0 Å². The van der Waals surface area contributed by atoms with Gasteiger partial charge in [-0.2, -0.15) is 18.3 Å². The second-order valence-electron chi connectivity index (χ2n) is 3.76. The van der Waals surface area contributed by atoms with Crippen molar-refractivity contribution in [2.75, 3.05) is 5.43 Å². The Bertz CT molecular complexity index is 503. The highest BCUT2D eigenvalue weighted by molar-refractivity contribution is 6.65. The van der Waals surface area contributed by atoms with E-state index >= 15 is 0 Å². The Morgan fingerprint density at radius 1 is 1.05 bits per heavy atom. The van der Waals surface area contributed by atoms with E-state index in [0.29, 0.717) is 0 Å². The molecular formula is C12H11F3N2O2. The Kier molecular flexibility index (Phi) is 4.42. The molecule has 102 valence electrons. The number of anilines is 1. The van der Waals surface area contributed by atoms with Crippen LogP contribution in [0.15, 0.2) is 29.4 Å². The molecule has 7 heteroatoms. The minimum Gasteiger partial charge on any atom is -0.293 e. The smallest absolute Gasteiger partial charge is 0.293 e. The lowest BCUT2D eigenvalue weighted by Gasteiger charge is -2.07. The topological polar surface area (TPSA) is 58.5 Å². The lowest BCUT2D eigenvalue weighted by Crippen LogP contribution is -2.20. The fourth-order valence-corrected chi connectivity index (χ4v) is 1.26. The maximum absolute atomic E-state index is 12.3. The molecule has 0 spiro atoms. The van der Waals surface area contributed by atoms with Gasteiger partial charge in [-0.1, -0.05) is 0 Å². The number of ketones is 2. The van der Waals surface area contributed by atoms with E-state index in [1.54, 1.807) is 0 Å². The van der Waals surface area contributed by atoms with Crippen LogP contribution >= 0.6 is 0 Å². The van der Waals surface area contributed by atoms with Gasteiger partial charge >= 0.3 is 6.18 Å². The number of nitrogens with zero attached hydrogens (tertiary/aromatic N) is 1. The molecular weight excluding hydrogens is 261 g/mol. The average molecular weight is 272 g/mol. The van der Waals surface area contributed by atoms with Gasteiger partial charge < -0.3 is 0 Å². The van der Waals surface area contributed by atoms with Crippen LogP contribution in [0.5, 0.6) is 0 Å².